The van der Waals surface area contributed by atoms with Crippen LogP contribution in [0.3, 0.4) is 0 Å². The van der Waals surface area contributed by atoms with Gasteiger partial charge in [-0.05, 0) is 55.0 Å². The number of nitrogens with zero attached hydrogens (tertiary/aromatic N) is 1. The maximum atomic E-state index is 12.6. The van der Waals surface area contributed by atoms with Crippen molar-refractivity contribution in [1.82, 2.24) is 10.3 Å². The van der Waals surface area contributed by atoms with Crippen molar-refractivity contribution in [2.24, 2.45) is 0 Å². The quantitative estimate of drug-likeness (QED) is 0.511. The third-order valence-electron chi connectivity index (χ3n) is 4.31. The number of hydrogen-bond donors (Lipinski definition) is 3. The summed E-state index contributed by atoms with van der Waals surface area (Å²) in [6.45, 7) is 2.52. The average Bonchev–Trinajstić information content (AvgIpc) is 2.78. The van der Waals surface area contributed by atoms with Crippen LogP contribution in [0.2, 0.25) is 5.02 Å². The summed E-state index contributed by atoms with van der Waals surface area (Å²) in [7, 11) is 0. The molecule has 0 spiro atoms. The molecule has 0 radical (unpaired) electrons. The minimum atomic E-state index is -0.378. The van der Waals surface area contributed by atoms with Gasteiger partial charge in [0.05, 0.1) is 16.1 Å². The lowest BCUT2D eigenvalue weighted by Crippen LogP contribution is -2.24. The van der Waals surface area contributed by atoms with Crippen LogP contribution in [-0.4, -0.2) is 29.3 Å². The Bertz CT molecular complexity index is 1100. The smallest absolute Gasteiger partial charge is 0.257 e. The van der Waals surface area contributed by atoms with Gasteiger partial charge in [0.1, 0.15) is 0 Å². The average molecular weight is 437 g/mol. The molecule has 8 heteroatoms. The van der Waals surface area contributed by atoms with Crippen molar-refractivity contribution < 1.29 is 14.4 Å². The second-order valence-electron chi connectivity index (χ2n) is 6.68. The first kappa shape index (κ1) is 22.0. The van der Waals surface area contributed by atoms with Crippen LogP contribution in [0.5, 0.6) is 0 Å². The molecule has 0 saturated heterocycles. The van der Waals surface area contributed by atoms with Gasteiger partial charge in [0, 0.05) is 35.9 Å². The summed E-state index contributed by atoms with van der Waals surface area (Å²) in [5.74, 6) is -0.965. The lowest BCUT2D eigenvalue weighted by Gasteiger charge is -2.10. The molecule has 0 aliphatic carbocycles. The molecular weight excluding hydrogens is 416 g/mol. The van der Waals surface area contributed by atoms with Gasteiger partial charge in [-0.3, -0.25) is 19.4 Å². The molecule has 0 saturated carbocycles. The van der Waals surface area contributed by atoms with Crippen molar-refractivity contribution in [1.29, 1.82) is 0 Å². The molecule has 0 atom stereocenters. The van der Waals surface area contributed by atoms with E-state index in [4.69, 9.17) is 11.6 Å². The van der Waals surface area contributed by atoms with E-state index in [1.807, 2.05) is 6.92 Å². The number of carbonyl (C=O) groups is 3. The van der Waals surface area contributed by atoms with Crippen LogP contribution in [-0.2, 0) is 0 Å². The summed E-state index contributed by atoms with van der Waals surface area (Å²) in [4.78, 5) is 40.9. The molecule has 3 rings (SSSR count). The molecule has 7 nitrogen and oxygen atoms in total. The molecule has 31 heavy (non-hydrogen) atoms. The highest BCUT2D eigenvalue weighted by Gasteiger charge is 2.13. The van der Waals surface area contributed by atoms with E-state index in [1.165, 1.54) is 12.3 Å². The normalized spacial score (nSPS) is 10.3. The van der Waals surface area contributed by atoms with Gasteiger partial charge in [-0.25, -0.2) is 0 Å². The Morgan fingerprint density at radius 1 is 0.871 bits per heavy atom. The van der Waals surface area contributed by atoms with E-state index in [1.54, 1.807) is 54.7 Å². The molecule has 3 amide bonds. The van der Waals surface area contributed by atoms with Gasteiger partial charge in [0.15, 0.2) is 0 Å². The lowest BCUT2D eigenvalue weighted by molar-refractivity contribution is 0.0952. The van der Waals surface area contributed by atoms with Crippen LogP contribution in [0.25, 0.3) is 0 Å². The van der Waals surface area contributed by atoms with Crippen molar-refractivity contribution >= 4 is 40.7 Å². The Morgan fingerprint density at radius 3 is 2.26 bits per heavy atom. The van der Waals surface area contributed by atoms with E-state index in [2.05, 4.69) is 20.9 Å². The maximum absolute atomic E-state index is 12.6. The molecule has 0 fully saturated rings. The van der Waals surface area contributed by atoms with Gasteiger partial charge < -0.3 is 16.0 Å². The van der Waals surface area contributed by atoms with Gasteiger partial charge in [0.2, 0.25) is 0 Å². The van der Waals surface area contributed by atoms with E-state index in [0.29, 0.717) is 34.6 Å². The fourth-order valence-corrected chi connectivity index (χ4v) is 3.02. The molecule has 0 aliphatic heterocycles. The van der Waals surface area contributed by atoms with Gasteiger partial charge in [-0.2, -0.15) is 0 Å². The Labute approximate surface area is 184 Å². The van der Waals surface area contributed by atoms with Crippen LogP contribution in [0.1, 0.15) is 44.4 Å². The summed E-state index contributed by atoms with van der Waals surface area (Å²) < 4.78 is 0. The van der Waals surface area contributed by atoms with Gasteiger partial charge in [0.25, 0.3) is 17.7 Å². The number of halogens is 1. The van der Waals surface area contributed by atoms with E-state index in [0.717, 1.165) is 6.42 Å². The number of pyridine rings is 1. The first-order chi connectivity index (χ1) is 15.0. The monoisotopic (exact) mass is 436 g/mol. The standard InChI is InChI=1S/C23H21ClN4O3/c1-2-10-26-23(31)19-9-8-18(13-20(19)24)28-21(29)15-5-3-7-17(12-15)27-22(30)16-6-4-11-25-14-16/h3-9,11-14H,2,10H2,1H3,(H,26,31)(H,27,30)(H,28,29). The Morgan fingerprint density at radius 2 is 1.58 bits per heavy atom. The fraction of sp³-hybridized carbons (Fsp3) is 0.130. The highest BCUT2D eigenvalue weighted by Crippen LogP contribution is 2.22. The molecule has 2 aromatic carbocycles. The van der Waals surface area contributed by atoms with Crippen molar-refractivity contribution in [2.45, 2.75) is 13.3 Å². The second-order valence-corrected chi connectivity index (χ2v) is 7.09. The zero-order chi connectivity index (χ0) is 22.2. The summed E-state index contributed by atoms with van der Waals surface area (Å²) in [5, 5.41) is 8.48. The molecule has 1 aromatic heterocycles. The van der Waals surface area contributed by atoms with Gasteiger partial charge in [-0.1, -0.05) is 24.6 Å². The van der Waals surface area contributed by atoms with E-state index in [-0.39, 0.29) is 22.7 Å². The number of aromatic nitrogens is 1. The molecule has 158 valence electrons. The lowest BCUT2D eigenvalue weighted by atomic mass is 10.1. The number of hydrogen-bond acceptors (Lipinski definition) is 4. The minimum absolute atomic E-state index is 0.240. The van der Waals surface area contributed by atoms with Crippen LogP contribution in [0, 0.1) is 0 Å². The maximum Gasteiger partial charge on any atom is 0.257 e. The molecule has 0 bridgehead atoms. The zero-order valence-electron chi connectivity index (χ0n) is 16.8. The largest absolute Gasteiger partial charge is 0.352 e. The highest BCUT2D eigenvalue weighted by atomic mass is 35.5. The van der Waals surface area contributed by atoms with Crippen LogP contribution < -0.4 is 16.0 Å². The first-order valence-corrected chi connectivity index (χ1v) is 10.1. The van der Waals surface area contributed by atoms with E-state index < -0.39 is 0 Å². The fourth-order valence-electron chi connectivity index (χ4n) is 2.75. The predicted octanol–water partition coefficient (Wildman–Crippen LogP) is 4.38. The van der Waals surface area contributed by atoms with Gasteiger partial charge in [-0.15, -0.1) is 0 Å². The van der Waals surface area contributed by atoms with Crippen LogP contribution in [0.15, 0.2) is 67.0 Å². The third kappa shape index (κ3) is 5.90. The molecular formula is C23H21ClN4O3. The summed E-state index contributed by atoms with van der Waals surface area (Å²) in [6.07, 6.45) is 3.86. The molecule has 3 N–H and O–H groups in total. The molecule has 3 aromatic rings. The number of benzene rings is 2. The summed E-state index contributed by atoms with van der Waals surface area (Å²) in [5.41, 5.74) is 2.03. The predicted molar refractivity (Wildman–Crippen MR) is 121 cm³/mol. The summed E-state index contributed by atoms with van der Waals surface area (Å²) in [6, 6.07) is 14.6. The number of carbonyl (C=O) groups excluding carboxylic acids is 3. The van der Waals surface area contributed by atoms with Crippen molar-refractivity contribution in [3.8, 4) is 0 Å². The molecule has 0 aliphatic rings. The molecule has 1 heterocycles. The number of rotatable bonds is 7. The van der Waals surface area contributed by atoms with Crippen LogP contribution in [0.4, 0.5) is 11.4 Å². The van der Waals surface area contributed by atoms with Gasteiger partial charge >= 0.3 is 0 Å². The molecule has 0 unspecified atom stereocenters. The zero-order valence-corrected chi connectivity index (χ0v) is 17.6. The van der Waals surface area contributed by atoms with E-state index >= 15 is 0 Å². The van der Waals surface area contributed by atoms with Crippen molar-refractivity contribution in [2.75, 3.05) is 17.2 Å². The Kier molecular flexibility index (Phi) is 7.35. The first-order valence-electron chi connectivity index (χ1n) is 9.68. The SMILES string of the molecule is CCCNC(=O)c1ccc(NC(=O)c2cccc(NC(=O)c3cccnc3)c2)cc1Cl. The minimum Gasteiger partial charge on any atom is -0.352 e. The van der Waals surface area contributed by atoms with Crippen molar-refractivity contribution in [3.63, 3.8) is 0 Å². The second kappa shape index (κ2) is 10.4. The number of amides is 3. The highest BCUT2D eigenvalue weighted by molar-refractivity contribution is 6.34. The van der Waals surface area contributed by atoms with E-state index in [9.17, 15) is 14.4 Å². The topological polar surface area (TPSA) is 100 Å². The Hall–Kier alpha value is -3.71. The number of nitrogens with one attached hydrogen (secondary N) is 3. The number of anilines is 2. The Balaban J connectivity index is 1.68. The van der Waals surface area contributed by atoms with Crippen molar-refractivity contribution in [3.05, 3.63) is 88.7 Å². The van der Waals surface area contributed by atoms with Crippen LogP contribution >= 0.6 is 11.6 Å². The summed E-state index contributed by atoms with van der Waals surface area (Å²) >= 11 is 6.21. The third-order valence-corrected chi connectivity index (χ3v) is 4.63.